The van der Waals surface area contributed by atoms with Crippen molar-refractivity contribution in [3.63, 3.8) is 0 Å². The fourth-order valence-corrected chi connectivity index (χ4v) is 3.14. The summed E-state index contributed by atoms with van der Waals surface area (Å²) in [4.78, 5) is 1.06. The van der Waals surface area contributed by atoms with Crippen molar-refractivity contribution in [2.24, 2.45) is 5.92 Å². The maximum Gasteiger partial charge on any atom is 0.102 e. The fourth-order valence-electron chi connectivity index (χ4n) is 2.35. The van der Waals surface area contributed by atoms with Crippen LogP contribution in [0.25, 0.3) is 0 Å². The Morgan fingerprint density at radius 1 is 1.53 bits per heavy atom. The lowest BCUT2D eigenvalue weighted by atomic mass is 10.0. The molecule has 1 aliphatic rings. The zero-order chi connectivity index (χ0) is 13.7. The topological polar surface area (TPSA) is 45.0 Å². The third-order valence-electron chi connectivity index (χ3n) is 3.53. The second-order valence-electron chi connectivity index (χ2n) is 4.73. The van der Waals surface area contributed by atoms with Crippen LogP contribution in [-0.4, -0.2) is 25.0 Å². The van der Waals surface area contributed by atoms with E-state index in [0.717, 1.165) is 41.5 Å². The minimum absolute atomic E-state index is 0.311. The van der Waals surface area contributed by atoms with Gasteiger partial charge in [-0.3, -0.25) is 0 Å². The van der Waals surface area contributed by atoms with E-state index in [0.29, 0.717) is 12.0 Å². The van der Waals surface area contributed by atoms with Crippen molar-refractivity contribution in [3.8, 4) is 6.07 Å². The summed E-state index contributed by atoms with van der Waals surface area (Å²) in [5.74, 6) is 1.51. The lowest BCUT2D eigenvalue weighted by Gasteiger charge is -2.17. The number of ether oxygens (including phenoxy) is 1. The third kappa shape index (κ3) is 3.43. The van der Waals surface area contributed by atoms with Crippen LogP contribution in [-0.2, 0) is 4.74 Å². The number of nitrogens with zero attached hydrogens (tertiary/aromatic N) is 1. The molecular weight excluding hydrogens is 256 g/mol. The van der Waals surface area contributed by atoms with Crippen molar-refractivity contribution in [1.82, 2.24) is 0 Å². The number of nitrogens with one attached hydrogen (secondary N) is 1. The molecule has 102 valence electrons. The lowest BCUT2D eigenvalue weighted by Crippen LogP contribution is -2.21. The Labute approximate surface area is 119 Å². The van der Waals surface area contributed by atoms with Gasteiger partial charge in [-0.25, -0.2) is 0 Å². The van der Waals surface area contributed by atoms with E-state index in [1.165, 1.54) is 0 Å². The average Bonchev–Trinajstić information content (AvgIpc) is 2.82. The highest BCUT2D eigenvalue weighted by atomic mass is 32.2. The largest absolute Gasteiger partial charge is 0.384 e. The molecule has 3 nitrogen and oxygen atoms in total. The second kappa shape index (κ2) is 6.83. The number of nitriles is 1. The molecule has 19 heavy (non-hydrogen) atoms. The van der Waals surface area contributed by atoms with Crippen LogP contribution in [0.4, 0.5) is 5.69 Å². The summed E-state index contributed by atoms with van der Waals surface area (Å²) in [5.41, 5.74) is 1.71. The molecule has 0 saturated carbocycles. The molecule has 0 aromatic heterocycles. The average molecular weight is 276 g/mol. The zero-order valence-corrected chi connectivity index (χ0v) is 12.3. The quantitative estimate of drug-likeness (QED) is 0.836. The molecule has 2 rings (SSSR count). The number of hydrogen-bond acceptors (Lipinski definition) is 4. The Bertz CT molecular complexity index is 470. The number of hydrogen-bond donors (Lipinski definition) is 1. The van der Waals surface area contributed by atoms with Gasteiger partial charge in [-0.05, 0) is 31.2 Å². The molecule has 0 aliphatic carbocycles. The molecule has 1 N–H and O–H groups in total. The Balaban J connectivity index is 2.07. The molecule has 0 amide bonds. The van der Waals surface area contributed by atoms with E-state index in [4.69, 9.17) is 4.74 Å². The summed E-state index contributed by atoms with van der Waals surface area (Å²) in [5, 5.41) is 12.8. The van der Waals surface area contributed by atoms with E-state index in [1.54, 1.807) is 11.8 Å². The Morgan fingerprint density at radius 2 is 2.37 bits per heavy atom. The number of benzene rings is 1. The van der Waals surface area contributed by atoms with Gasteiger partial charge in [0.2, 0.25) is 0 Å². The molecule has 1 heterocycles. The van der Waals surface area contributed by atoms with Gasteiger partial charge in [0.1, 0.15) is 6.07 Å². The van der Waals surface area contributed by atoms with Gasteiger partial charge in [0.05, 0.1) is 17.4 Å². The van der Waals surface area contributed by atoms with Gasteiger partial charge in [0, 0.05) is 24.0 Å². The van der Waals surface area contributed by atoms with Gasteiger partial charge in [0.25, 0.3) is 0 Å². The summed E-state index contributed by atoms with van der Waals surface area (Å²) in [7, 11) is 0. The molecule has 2 atom stereocenters. The van der Waals surface area contributed by atoms with Crippen LogP contribution in [0.1, 0.15) is 25.8 Å². The van der Waals surface area contributed by atoms with Gasteiger partial charge >= 0.3 is 0 Å². The molecule has 1 aromatic carbocycles. The van der Waals surface area contributed by atoms with Crippen molar-refractivity contribution in [2.75, 3.05) is 24.2 Å². The molecule has 0 bridgehead atoms. The van der Waals surface area contributed by atoms with Crippen molar-refractivity contribution in [3.05, 3.63) is 23.8 Å². The predicted molar refractivity (Wildman–Crippen MR) is 79.6 cm³/mol. The smallest absolute Gasteiger partial charge is 0.102 e. The summed E-state index contributed by atoms with van der Waals surface area (Å²) in [6.45, 7) is 5.94. The SMILES string of the molecule is CCSc1cccc(NCC2CCOC2C)c1C#N. The van der Waals surface area contributed by atoms with Crippen LogP contribution in [0.3, 0.4) is 0 Å². The maximum absolute atomic E-state index is 9.34. The molecular formula is C15H20N2OS. The minimum atomic E-state index is 0.311. The van der Waals surface area contributed by atoms with E-state index in [2.05, 4.69) is 25.2 Å². The van der Waals surface area contributed by atoms with Gasteiger partial charge in [0.15, 0.2) is 0 Å². The molecule has 0 radical (unpaired) electrons. The van der Waals surface area contributed by atoms with Crippen LogP contribution in [0.2, 0.25) is 0 Å². The second-order valence-corrected chi connectivity index (χ2v) is 6.03. The monoisotopic (exact) mass is 276 g/mol. The van der Waals surface area contributed by atoms with Crippen molar-refractivity contribution >= 4 is 17.4 Å². The summed E-state index contributed by atoms with van der Waals surface area (Å²) in [6.07, 6.45) is 1.41. The number of anilines is 1. The summed E-state index contributed by atoms with van der Waals surface area (Å²) >= 11 is 1.71. The first-order valence-electron chi connectivity index (χ1n) is 6.77. The summed E-state index contributed by atoms with van der Waals surface area (Å²) < 4.78 is 5.56. The highest BCUT2D eigenvalue weighted by Gasteiger charge is 2.24. The first-order valence-corrected chi connectivity index (χ1v) is 7.76. The van der Waals surface area contributed by atoms with E-state index in [-0.39, 0.29) is 0 Å². The van der Waals surface area contributed by atoms with Gasteiger partial charge < -0.3 is 10.1 Å². The standard InChI is InChI=1S/C15H20N2OS/c1-3-19-15-6-4-5-14(13(15)9-16)17-10-12-7-8-18-11(12)2/h4-6,11-12,17H,3,7-8,10H2,1-2H3. The van der Waals surface area contributed by atoms with Gasteiger partial charge in [-0.2, -0.15) is 5.26 Å². The highest BCUT2D eigenvalue weighted by Crippen LogP contribution is 2.29. The van der Waals surface area contributed by atoms with Gasteiger partial charge in [-0.1, -0.05) is 13.0 Å². The predicted octanol–water partition coefficient (Wildman–Crippen LogP) is 3.51. The molecule has 1 fully saturated rings. The van der Waals surface area contributed by atoms with Crippen LogP contribution >= 0.6 is 11.8 Å². The Morgan fingerprint density at radius 3 is 3.00 bits per heavy atom. The normalized spacial score (nSPS) is 22.2. The number of thioether (sulfide) groups is 1. The lowest BCUT2D eigenvalue weighted by molar-refractivity contribution is 0.108. The first-order chi connectivity index (χ1) is 9.26. The molecule has 0 spiro atoms. The minimum Gasteiger partial charge on any atom is -0.384 e. The molecule has 2 unspecified atom stereocenters. The first kappa shape index (κ1) is 14.2. The fraction of sp³-hybridized carbons (Fsp3) is 0.533. The molecule has 1 aromatic rings. The van der Waals surface area contributed by atoms with Crippen LogP contribution < -0.4 is 5.32 Å². The maximum atomic E-state index is 9.34. The van der Waals surface area contributed by atoms with Crippen molar-refractivity contribution in [2.45, 2.75) is 31.3 Å². The number of rotatable bonds is 5. The molecule has 1 saturated heterocycles. The molecule has 4 heteroatoms. The van der Waals surface area contributed by atoms with Crippen LogP contribution in [0.5, 0.6) is 0 Å². The molecule has 1 aliphatic heterocycles. The van der Waals surface area contributed by atoms with E-state index in [9.17, 15) is 5.26 Å². The van der Waals surface area contributed by atoms with E-state index < -0.39 is 0 Å². The Kier molecular flexibility index (Phi) is 5.12. The third-order valence-corrected chi connectivity index (χ3v) is 4.47. The summed E-state index contributed by atoms with van der Waals surface area (Å²) in [6, 6.07) is 8.33. The Hall–Kier alpha value is -1.18. The van der Waals surface area contributed by atoms with Crippen molar-refractivity contribution < 1.29 is 4.74 Å². The van der Waals surface area contributed by atoms with E-state index in [1.807, 2.05) is 18.2 Å². The van der Waals surface area contributed by atoms with E-state index >= 15 is 0 Å². The van der Waals surface area contributed by atoms with Crippen LogP contribution in [0.15, 0.2) is 23.1 Å². The zero-order valence-electron chi connectivity index (χ0n) is 11.5. The van der Waals surface area contributed by atoms with Crippen molar-refractivity contribution in [1.29, 1.82) is 5.26 Å². The van der Waals surface area contributed by atoms with Crippen LogP contribution in [0, 0.1) is 17.2 Å². The highest BCUT2D eigenvalue weighted by molar-refractivity contribution is 7.99. The van der Waals surface area contributed by atoms with Gasteiger partial charge in [-0.15, -0.1) is 11.8 Å².